The van der Waals surface area contributed by atoms with Gasteiger partial charge >= 0.3 is 0 Å². The van der Waals surface area contributed by atoms with Crippen LogP contribution in [0.4, 0.5) is 5.69 Å². The van der Waals surface area contributed by atoms with Crippen LogP contribution in [0.2, 0.25) is 5.02 Å². The van der Waals surface area contributed by atoms with Gasteiger partial charge in [0.15, 0.2) is 0 Å². The first kappa shape index (κ1) is 15.7. The van der Waals surface area contributed by atoms with E-state index in [1.807, 2.05) is 12.1 Å². The summed E-state index contributed by atoms with van der Waals surface area (Å²) in [6, 6.07) is 6.00. The van der Waals surface area contributed by atoms with Crippen molar-refractivity contribution in [3.05, 3.63) is 28.8 Å². The summed E-state index contributed by atoms with van der Waals surface area (Å²) in [5.74, 6) is 0.791. The Hall–Kier alpha value is -0.730. The van der Waals surface area contributed by atoms with Gasteiger partial charge in [0.2, 0.25) is 0 Å². The van der Waals surface area contributed by atoms with E-state index in [2.05, 4.69) is 31.7 Å². The van der Waals surface area contributed by atoms with Crippen molar-refractivity contribution in [1.29, 1.82) is 0 Å². The molecule has 1 N–H and O–H groups in total. The highest BCUT2D eigenvalue weighted by molar-refractivity contribution is 6.31. The fourth-order valence-corrected chi connectivity index (χ4v) is 3.32. The smallest absolute Gasteiger partial charge is 0.0696 e. The second kappa shape index (κ2) is 6.36. The van der Waals surface area contributed by atoms with Crippen LogP contribution >= 0.6 is 11.6 Å². The molecule has 3 heteroatoms. The zero-order chi connectivity index (χ0) is 14.8. The number of hydrogen-bond donors (Lipinski definition) is 1. The second-order valence-electron chi connectivity index (χ2n) is 6.91. The van der Waals surface area contributed by atoms with Crippen LogP contribution in [-0.4, -0.2) is 18.2 Å². The van der Waals surface area contributed by atoms with Gasteiger partial charge in [-0.3, -0.25) is 0 Å². The summed E-state index contributed by atoms with van der Waals surface area (Å²) in [7, 11) is 0. The molecule has 0 saturated carbocycles. The van der Waals surface area contributed by atoms with Crippen molar-refractivity contribution in [3.8, 4) is 0 Å². The molecule has 0 aromatic heterocycles. The fourth-order valence-electron chi connectivity index (χ4n) is 3.08. The first-order valence-corrected chi connectivity index (χ1v) is 7.94. The Kier molecular flexibility index (Phi) is 4.98. The molecule has 0 aliphatic carbocycles. The van der Waals surface area contributed by atoms with Gasteiger partial charge in [0, 0.05) is 23.8 Å². The van der Waals surface area contributed by atoms with Gasteiger partial charge in [-0.2, -0.15) is 0 Å². The fraction of sp³-hybridized carbons (Fsp3) is 0.647. The second-order valence-corrected chi connectivity index (χ2v) is 7.32. The maximum Gasteiger partial charge on any atom is 0.0696 e. The molecule has 2 nitrogen and oxygen atoms in total. The molecule has 1 atom stereocenters. The lowest BCUT2D eigenvalue weighted by Crippen LogP contribution is -2.26. The number of rotatable bonds is 2. The number of anilines is 1. The van der Waals surface area contributed by atoms with Crippen molar-refractivity contribution in [1.82, 2.24) is 0 Å². The third-order valence-electron chi connectivity index (χ3n) is 4.52. The Labute approximate surface area is 127 Å². The monoisotopic (exact) mass is 295 g/mol. The van der Waals surface area contributed by atoms with Crippen LogP contribution in [0, 0.1) is 11.3 Å². The Bertz CT molecular complexity index is 453. The first-order chi connectivity index (χ1) is 9.41. The Balaban J connectivity index is 2.09. The average Bonchev–Trinajstić information content (AvgIpc) is 2.63. The Morgan fingerprint density at radius 1 is 1.25 bits per heavy atom. The van der Waals surface area contributed by atoms with E-state index in [4.69, 9.17) is 11.6 Å². The molecular formula is C17H26ClNO. The average molecular weight is 296 g/mol. The molecule has 1 saturated heterocycles. The van der Waals surface area contributed by atoms with Gasteiger partial charge in [-0.15, -0.1) is 0 Å². The van der Waals surface area contributed by atoms with Gasteiger partial charge in [0.25, 0.3) is 0 Å². The minimum absolute atomic E-state index is 0.00517. The molecule has 112 valence electrons. The van der Waals surface area contributed by atoms with Crippen molar-refractivity contribution in [2.45, 2.75) is 46.6 Å². The van der Waals surface area contributed by atoms with Crippen LogP contribution in [0.15, 0.2) is 18.2 Å². The molecule has 0 amide bonds. The molecule has 1 aromatic rings. The lowest BCUT2D eigenvalue weighted by atomic mass is 9.77. The van der Waals surface area contributed by atoms with Gasteiger partial charge in [0.05, 0.1) is 6.61 Å². The van der Waals surface area contributed by atoms with Crippen LogP contribution in [-0.2, 0) is 6.61 Å². The van der Waals surface area contributed by atoms with Gasteiger partial charge in [0.1, 0.15) is 0 Å². The van der Waals surface area contributed by atoms with E-state index in [-0.39, 0.29) is 6.61 Å². The van der Waals surface area contributed by atoms with Crippen molar-refractivity contribution < 1.29 is 5.11 Å². The van der Waals surface area contributed by atoms with Gasteiger partial charge in [-0.1, -0.05) is 38.4 Å². The molecule has 2 rings (SSSR count). The summed E-state index contributed by atoms with van der Waals surface area (Å²) >= 11 is 6.20. The number of aliphatic hydroxyl groups excluding tert-OH is 1. The van der Waals surface area contributed by atoms with Crippen molar-refractivity contribution in [2.75, 3.05) is 18.0 Å². The molecule has 1 unspecified atom stereocenters. The molecule has 1 aromatic carbocycles. The maximum atomic E-state index is 9.19. The highest BCUT2D eigenvalue weighted by atomic mass is 35.5. The van der Waals surface area contributed by atoms with Crippen LogP contribution in [0.3, 0.4) is 0 Å². The Morgan fingerprint density at radius 2 is 2.00 bits per heavy atom. The largest absolute Gasteiger partial charge is 0.392 e. The number of benzene rings is 1. The highest BCUT2D eigenvalue weighted by Crippen LogP contribution is 2.35. The number of aliphatic hydroxyl groups is 1. The number of nitrogens with zero attached hydrogens (tertiary/aromatic N) is 1. The first-order valence-electron chi connectivity index (χ1n) is 7.56. The number of halogens is 1. The van der Waals surface area contributed by atoms with Crippen LogP contribution < -0.4 is 4.90 Å². The van der Waals surface area contributed by atoms with Gasteiger partial charge in [-0.05, 0) is 48.3 Å². The van der Waals surface area contributed by atoms with Gasteiger partial charge < -0.3 is 10.0 Å². The third-order valence-corrected chi connectivity index (χ3v) is 4.88. The SMILES string of the molecule is CC(C)(C)C1CCCN(c2ccc(CO)c(Cl)c2)CC1. The van der Waals surface area contributed by atoms with E-state index < -0.39 is 0 Å². The zero-order valence-corrected chi connectivity index (χ0v) is 13.6. The quantitative estimate of drug-likeness (QED) is 0.869. The van der Waals surface area contributed by atoms with Crippen molar-refractivity contribution in [2.24, 2.45) is 11.3 Å². The standard InChI is InChI=1S/C17H26ClNO/c1-17(2,3)14-5-4-9-19(10-8-14)15-7-6-13(12-20)16(18)11-15/h6-7,11,14,20H,4-5,8-10,12H2,1-3H3. The molecule has 0 bridgehead atoms. The maximum absolute atomic E-state index is 9.19. The molecular weight excluding hydrogens is 270 g/mol. The summed E-state index contributed by atoms with van der Waals surface area (Å²) in [6.45, 7) is 9.24. The van der Waals surface area contributed by atoms with E-state index in [0.717, 1.165) is 24.6 Å². The minimum Gasteiger partial charge on any atom is -0.392 e. The van der Waals surface area contributed by atoms with Crippen molar-refractivity contribution >= 4 is 17.3 Å². The van der Waals surface area contributed by atoms with E-state index in [0.29, 0.717) is 10.4 Å². The predicted molar refractivity (Wildman–Crippen MR) is 86.4 cm³/mol. The lowest BCUT2D eigenvalue weighted by molar-refractivity contribution is 0.220. The van der Waals surface area contributed by atoms with E-state index >= 15 is 0 Å². The van der Waals surface area contributed by atoms with E-state index in [1.165, 1.54) is 24.9 Å². The lowest BCUT2D eigenvalue weighted by Gasteiger charge is -2.30. The highest BCUT2D eigenvalue weighted by Gasteiger charge is 2.27. The van der Waals surface area contributed by atoms with Gasteiger partial charge in [-0.25, -0.2) is 0 Å². The molecule has 1 aliphatic heterocycles. The predicted octanol–water partition coefficient (Wildman–Crippen LogP) is 4.48. The Morgan fingerprint density at radius 3 is 2.60 bits per heavy atom. The van der Waals surface area contributed by atoms with Crippen LogP contribution in [0.1, 0.15) is 45.6 Å². The summed E-state index contributed by atoms with van der Waals surface area (Å²) in [6.07, 6.45) is 3.78. The van der Waals surface area contributed by atoms with E-state index in [1.54, 1.807) is 0 Å². The molecule has 1 aliphatic rings. The molecule has 1 fully saturated rings. The summed E-state index contributed by atoms with van der Waals surface area (Å²) < 4.78 is 0. The van der Waals surface area contributed by atoms with E-state index in [9.17, 15) is 5.11 Å². The van der Waals surface area contributed by atoms with Crippen LogP contribution in [0.5, 0.6) is 0 Å². The minimum atomic E-state index is 0.00517. The van der Waals surface area contributed by atoms with Crippen LogP contribution in [0.25, 0.3) is 0 Å². The topological polar surface area (TPSA) is 23.5 Å². The van der Waals surface area contributed by atoms with Crippen molar-refractivity contribution in [3.63, 3.8) is 0 Å². The normalized spacial score (nSPS) is 20.9. The summed E-state index contributed by atoms with van der Waals surface area (Å²) in [5, 5.41) is 9.86. The summed E-state index contributed by atoms with van der Waals surface area (Å²) in [5.41, 5.74) is 2.38. The zero-order valence-electron chi connectivity index (χ0n) is 12.8. The molecule has 0 spiro atoms. The molecule has 1 heterocycles. The summed E-state index contributed by atoms with van der Waals surface area (Å²) in [4.78, 5) is 2.43. The molecule has 20 heavy (non-hydrogen) atoms. The number of hydrogen-bond acceptors (Lipinski definition) is 2. The third kappa shape index (κ3) is 3.67. The molecule has 0 radical (unpaired) electrons.